The maximum atomic E-state index is 10.2. The van der Waals surface area contributed by atoms with E-state index in [2.05, 4.69) is 40.6 Å². The second-order valence-electron chi connectivity index (χ2n) is 6.95. The van der Waals surface area contributed by atoms with Crippen molar-refractivity contribution in [3.05, 3.63) is 60.3 Å². The highest BCUT2D eigenvalue weighted by Crippen LogP contribution is 2.31. The molecule has 0 unspecified atom stereocenters. The monoisotopic (exact) mass is 332 g/mol. The van der Waals surface area contributed by atoms with Crippen LogP contribution in [0.5, 0.6) is 5.75 Å². The van der Waals surface area contributed by atoms with E-state index in [1.54, 1.807) is 0 Å². The average Bonchev–Trinajstić information content (AvgIpc) is 2.66. The van der Waals surface area contributed by atoms with Gasteiger partial charge in [-0.05, 0) is 61.6 Å². The summed E-state index contributed by atoms with van der Waals surface area (Å²) in [6, 6.07) is 16.8. The van der Waals surface area contributed by atoms with Crippen LogP contribution in [-0.2, 0) is 6.42 Å². The van der Waals surface area contributed by atoms with Gasteiger partial charge in [0.05, 0.1) is 5.52 Å². The predicted molar refractivity (Wildman–Crippen MR) is 103 cm³/mol. The highest BCUT2D eigenvalue weighted by molar-refractivity contribution is 5.93. The van der Waals surface area contributed by atoms with Gasteiger partial charge in [0.15, 0.2) is 0 Å². The number of rotatable bonds is 4. The van der Waals surface area contributed by atoms with Crippen LogP contribution in [0.4, 0.5) is 0 Å². The van der Waals surface area contributed by atoms with Crippen LogP contribution in [0.3, 0.4) is 0 Å². The summed E-state index contributed by atoms with van der Waals surface area (Å²) in [6.07, 6.45) is 7.81. The molecule has 3 aromatic rings. The van der Waals surface area contributed by atoms with Gasteiger partial charge in [0, 0.05) is 23.2 Å². The van der Waals surface area contributed by atoms with Crippen LogP contribution in [0.15, 0.2) is 54.7 Å². The van der Waals surface area contributed by atoms with E-state index in [1.165, 1.54) is 24.8 Å². The van der Waals surface area contributed by atoms with Crippen molar-refractivity contribution in [1.82, 2.24) is 10.3 Å². The summed E-state index contributed by atoms with van der Waals surface area (Å²) >= 11 is 0. The molecule has 1 fully saturated rings. The van der Waals surface area contributed by atoms with Crippen molar-refractivity contribution in [2.24, 2.45) is 0 Å². The molecule has 1 aliphatic rings. The van der Waals surface area contributed by atoms with Gasteiger partial charge in [-0.15, -0.1) is 0 Å². The zero-order chi connectivity index (χ0) is 17.1. The second-order valence-corrected chi connectivity index (χ2v) is 6.95. The third-order valence-electron chi connectivity index (χ3n) is 5.12. The molecular formula is C22H24N2O. The Hall–Kier alpha value is -2.39. The molecule has 2 aromatic carbocycles. The number of hydrogen-bond acceptors (Lipinski definition) is 3. The number of nitrogens with one attached hydrogen (secondary N) is 1. The number of nitrogens with zero attached hydrogens (tertiary/aromatic N) is 1. The summed E-state index contributed by atoms with van der Waals surface area (Å²) < 4.78 is 0. The number of para-hydroxylation sites is 1. The van der Waals surface area contributed by atoms with Crippen molar-refractivity contribution in [2.75, 3.05) is 6.54 Å². The molecule has 0 saturated carbocycles. The predicted octanol–water partition coefficient (Wildman–Crippen LogP) is 4.68. The molecule has 0 aliphatic carbocycles. The van der Waals surface area contributed by atoms with Crippen molar-refractivity contribution in [3.8, 4) is 16.9 Å². The molecule has 0 amide bonds. The molecule has 2 heterocycles. The summed E-state index contributed by atoms with van der Waals surface area (Å²) in [6.45, 7) is 1.14. The van der Waals surface area contributed by atoms with Gasteiger partial charge in [-0.1, -0.05) is 36.8 Å². The van der Waals surface area contributed by atoms with E-state index in [0.29, 0.717) is 11.8 Å². The molecule has 25 heavy (non-hydrogen) atoms. The molecule has 1 aromatic heterocycles. The van der Waals surface area contributed by atoms with Crippen molar-refractivity contribution in [2.45, 2.75) is 38.1 Å². The molecule has 2 N–H and O–H groups in total. The zero-order valence-corrected chi connectivity index (χ0v) is 14.4. The van der Waals surface area contributed by atoms with E-state index >= 15 is 0 Å². The third-order valence-corrected chi connectivity index (χ3v) is 5.12. The van der Waals surface area contributed by atoms with Gasteiger partial charge in [0.1, 0.15) is 5.75 Å². The van der Waals surface area contributed by atoms with Crippen molar-refractivity contribution < 1.29 is 5.11 Å². The number of phenols is 1. The van der Waals surface area contributed by atoms with Gasteiger partial charge < -0.3 is 10.4 Å². The summed E-state index contributed by atoms with van der Waals surface area (Å²) in [4.78, 5) is 4.54. The highest BCUT2D eigenvalue weighted by atomic mass is 16.3. The number of hydrogen-bond donors (Lipinski definition) is 2. The fourth-order valence-electron chi connectivity index (χ4n) is 3.82. The lowest BCUT2D eigenvalue weighted by Gasteiger charge is -2.23. The van der Waals surface area contributed by atoms with Gasteiger partial charge in [0.2, 0.25) is 0 Å². The Kier molecular flexibility index (Phi) is 4.66. The Labute approximate surface area is 148 Å². The molecule has 4 rings (SSSR count). The number of fused-ring (bicyclic) bond motifs is 1. The SMILES string of the molecule is Oc1cc(CC[C@@H]2CCCCN2)cc(-c2cccc3cccnc23)c1. The Morgan fingerprint density at radius 3 is 2.88 bits per heavy atom. The normalized spacial score (nSPS) is 17.7. The van der Waals surface area contributed by atoms with E-state index in [9.17, 15) is 5.11 Å². The van der Waals surface area contributed by atoms with Crippen molar-refractivity contribution >= 4 is 10.9 Å². The van der Waals surface area contributed by atoms with Crippen molar-refractivity contribution in [3.63, 3.8) is 0 Å². The lowest BCUT2D eigenvalue weighted by molar-refractivity contribution is 0.382. The van der Waals surface area contributed by atoms with Gasteiger partial charge in [-0.2, -0.15) is 0 Å². The summed E-state index contributed by atoms with van der Waals surface area (Å²) in [5.41, 5.74) is 4.28. The second kappa shape index (κ2) is 7.24. The molecule has 1 aliphatic heterocycles. The Morgan fingerprint density at radius 2 is 2.00 bits per heavy atom. The smallest absolute Gasteiger partial charge is 0.116 e. The quantitative estimate of drug-likeness (QED) is 0.729. The number of aromatic nitrogens is 1. The summed E-state index contributed by atoms with van der Waals surface area (Å²) in [7, 11) is 0. The van der Waals surface area contributed by atoms with Crippen LogP contribution in [0.25, 0.3) is 22.0 Å². The minimum Gasteiger partial charge on any atom is -0.508 e. The van der Waals surface area contributed by atoms with E-state index in [0.717, 1.165) is 41.4 Å². The molecule has 1 atom stereocenters. The standard InChI is InChI=1S/C22H24N2O/c25-20-14-16(9-10-19-7-1-2-11-23-19)13-18(15-20)21-8-3-5-17-6-4-12-24-22(17)21/h3-6,8,12-15,19,23,25H,1-2,7,9-11H2/t19-/m0/s1. The maximum absolute atomic E-state index is 10.2. The van der Waals surface area contributed by atoms with E-state index < -0.39 is 0 Å². The molecule has 3 nitrogen and oxygen atoms in total. The molecule has 0 spiro atoms. The largest absolute Gasteiger partial charge is 0.508 e. The number of phenolic OH excluding ortho intramolecular Hbond substituents is 1. The Bertz CT molecular complexity index is 864. The number of benzene rings is 2. The van der Waals surface area contributed by atoms with Gasteiger partial charge >= 0.3 is 0 Å². The average molecular weight is 332 g/mol. The van der Waals surface area contributed by atoms with E-state index in [1.807, 2.05) is 24.4 Å². The summed E-state index contributed by atoms with van der Waals surface area (Å²) in [5.74, 6) is 0.331. The van der Waals surface area contributed by atoms with Crippen LogP contribution < -0.4 is 5.32 Å². The van der Waals surface area contributed by atoms with E-state index in [-0.39, 0.29) is 0 Å². The number of aryl methyl sites for hydroxylation is 1. The minimum absolute atomic E-state index is 0.331. The lowest BCUT2D eigenvalue weighted by Crippen LogP contribution is -2.34. The fraction of sp³-hybridized carbons (Fsp3) is 0.318. The molecule has 128 valence electrons. The van der Waals surface area contributed by atoms with Crippen LogP contribution >= 0.6 is 0 Å². The van der Waals surface area contributed by atoms with E-state index in [4.69, 9.17) is 0 Å². The molecule has 0 radical (unpaired) electrons. The number of piperidine rings is 1. The van der Waals surface area contributed by atoms with Crippen LogP contribution in [0, 0.1) is 0 Å². The molecule has 0 bridgehead atoms. The van der Waals surface area contributed by atoms with Gasteiger partial charge in [0.25, 0.3) is 0 Å². The molecular weight excluding hydrogens is 308 g/mol. The summed E-state index contributed by atoms with van der Waals surface area (Å²) in [5, 5.41) is 15.0. The fourth-order valence-corrected chi connectivity index (χ4v) is 3.82. The van der Waals surface area contributed by atoms with Crippen molar-refractivity contribution in [1.29, 1.82) is 0 Å². The van der Waals surface area contributed by atoms with Crippen LogP contribution in [-0.4, -0.2) is 22.7 Å². The first-order chi connectivity index (χ1) is 12.3. The lowest BCUT2D eigenvalue weighted by atomic mass is 9.95. The first-order valence-corrected chi connectivity index (χ1v) is 9.20. The topological polar surface area (TPSA) is 45.1 Å². The first kappa shape index (κ1) is 16.1. The first-order valence-electron chi connectivity index (χ1n) is 9.20. The molecule has 1 saturated heterocycles. The minimum atomic E-state index is 0.331. The van der Waals surface area contributed by atoms with Crippen LogP contribution in [0.1, 0.15) is 31.2 Å². The number of pyridine rings is 1. The number of aromatic hydroxyl groups is 1. The highest BCUT2D eigenvalue weighted by Gasteiger charge is 2.13. The molecule has 3 heteroatoms. The third kappa shape index (κ3) is 3.67. The zero-order valence-electron chi connectivity index (χ0n) is 14.4. The van der Waals surface area contributed by atoms with Gasteiger partial charge in [-0.25, -0.2) is 0 Å². The van der Waals surface area contributed by atoms with Gasteiger partial charge in [-0.3, -0.25) is 4.98 Å². The Morgan fingerprint density at radius 1 is 1.08 bits per heavy atom. The maximum Gasteiger partial charge on any atom is 0.116 e. The van der Waals surface area contributed by atoms with Crippen LogP contribution in [0.2, 0.25) is 0 Å². The Balaban J connectivity index is 1.62.